The predicted octanol–water partition coefficient (Wildman–Crippen LogP) is 3.39. The van der Waals surface area contributed by atoms with E-state index in [9.17, 15) is 14.0 Å². The van der Waals surface area contributed by atoms with Gasteiger partial charge in [0.15, 0.2) is 6.10 Å². The summed E-state index contributed by atoms with van der Waals surface area (Å²) in [5.41, 5.74) is 2.47. The highest BCUT2D eigenvalue weighted by molar-refractivity contribution is 5.94. The minimum absolute atomic E-state index is 0.0657. The molecule has 1 amide bonds. The van der Waals surface area contributed by atoms with E-state index in [4.69, 9.17) is 4.74 Å². The molecule has 0 bridgehead atoms. The lowest BCUT2D eigenvalue weighted by atomic mass is 10.1. The molecule has 1 heterocycles. The zero-order chi connectivity index (χ0) is 20.3. The second-order valence-corrected chi connectivity index (χ2v) is 6.42. The molecule has 0 unspecified atom stereocenters. The first kappa shape index (κ1) is 19.3. The molecule has 6 nitrogen and oxygen atoms in total. The van der Waals surface area contributed by atoms with Crippen LogP contribution in [0.2, 0.25) is 0 Å². The standard InChI is InChI=1S/C21H20FN3O3/c1-13-8-9-16(12-14(13)2)25-20(26)11-10-19(24-25)28-15(3)21(27)23-18-7-5-4-6-17(18)22/h4-12,15H,1-3H3,(H,23,27)/t15-/m0/s1. The van der Waals surface area contributed by atoms with E-state index in [0.29, 0.717) is 5.69 Å². The van der Waals surface area contributed by atoms with E-state index in [1.807, 2.05) is 26.0 Å². The molecular formula is C21H20FN3O3. The third kappa shape index (κ3) is 4.25. The smallest absolute Gasteiger partial charge is 0.271 e. The molecule has 3 rings (SSSR count). The summed E-state index contributed by atoms with van der Waals surface area (Å²) in [5.74, 6) is -0.964. The van der Waals surface area contributed by atoms with Crippen molar-refractivity contribution in [3.05, 3.63) is 81.9 Å². The van der Waals surface area contributed by atoms with Crippen molar-refractivity contribution in [2.24, 2.45) is 0 Å². The van der Waals surface area contributed by atoms with Crippen LogP contribution in [0.5, 0.6) is 5.88 Å². The van der Waals surface area contributed by atoms with Crippen molar-refractivity contribution in [1.82, 2.24) is 9.78 Å². The average Bonchev–Trinajstić information content (AvgIpc) is 2.67. The van der Waals surface area contributed by atoms with Crippen molar-refractivity contribution in [3.8, 4) is 11.6 Å². The van der Waals surface area contributed by atoms with Crippen LogP contribution in [-0.2, 0) is 4.79 Å². The molecule has 0 saturated carbocycles. The van der Waals surface area contributed by atoms with Crippen molar-refractivity contribution < 1.29 is 13.9 Å². The van der Waals surface area contributed by atoms with Crippen LogP contribution in [-0.4, -0.2) is 21.8 Å². The van der Waals surface area contributed by atoms with Gasteiger partial charge in [-0.3, -0.25) is 9.59 Å². The molecule has 144 valence electrons. The molecule has 7 heteroatoms. The van der Waals surface area contributed by atoms with E-state index >= 15 is 0 Å². The summed E-state index contributed by atoms with van der Waals surface area (Å²) in [5, 5.41) is 6.65. The molecule has 0 fully saturated rings. The Morgan fingerprint density at radius 2 is 1.86 bits per heavy atom. The van der Waals surface area contributed by atoms with Gasteiger partial charge in [0.1, 0.15) is 5.82 Å². The zero-order valence-electron chi connectivity index (χ0n) is 15.8. The fourth-order valence-corrected chi connectivity index (χ4v) is 2.53. The van der Waals surface area contributed by atoms with Gasteiger partial charge in [0, 0.05) is 12.1 Å². The molecule has 3 aromatic rings. The number of benzene rings is 2. The largest absolute Gasteiger partial charge is 0.463 e. The van der Waals surface area contributed by atoms with Gasteiger partial charge in [-0.2, -0.15) is 4.68 Å². The van der Waals surface area contributed by atoms with Crippen molar-refractivity contribution >= 4 is 11.6 Å². The molecule has 0 aliphatic rings. The van der Waals surface area contributed by atoms with E-state index in [2.05, 4.69) is 10.4 Å². The molecule has 0 spiro atoms. The lowest BCUT2D eigenvalue weighted by molar-refractivity contribution is -0.122. The summed E-state index contributed by atoms with van der Waals surface area (Å²) in [4.78, 5) is 24.5. The molecule has 0 radical (unpaired) electrons. The summed E-state index contributed by atoms with van der Waals surface area (Å²) in [7, 11) is 0. The number of aryl methyl sites for hydroxylation is 2. The van der Waals surface area contributed by atoms with Gasteiger partial charge in [-0.15, -0.1) is 5.10 Å². The predicted molar refractivity (Wildman–Crippen MR) is 104 cm³/mol. The van der Waals surface area contributed by atoms with E-state index in [-0.39, 0.29) is 17.1 Å². The molecule has 0 aliphatic carbocycles. The minimum Gasteiger partial charge on any atom is -0.463 e. The van der Waals surface area contributed by atoms with Gasteiger partial charge < -0.3 is 10.1 Å². The minimum atomic E-state index is -0.946. The summed E-state index contributed by atoms with van der Waals surface area (Å²) < 4.78 is 20.4. The number of nitrogens with one attached hydrogen (secondary N) is 1. The van der Waals surface area contributed by atoms with Gasteiger partial charge in [0.2, 0.25) is 5.88 Å². The second kappa shape index (κ2) is 8.04. The maximum absolute atomic E-state index is 13.7. The van der Waals surface area contributed by atoms with Gasteiger partial charge in [-0.25, -0.2) is 4.39 Å². The number of rotatable bonds is 5. The van der Waals surface area contributed by atoms with Crippen LogP contribution >= 0.6 is 0 Å². The first-order valence-electron chi connectivity index (χ1n) is 8.75. The number of halogens is 1. The van der Waals surface area contributed by atoms with Gasteiger partial charge in [0.25, 0.3) is 11.5 Å². The van der Waals surface area contributed by atoms with Gasteiger partial charge in [-0.1, -0.05) is 18.2 Å². The van der Waals surface area contributed by atoms with Gasteiger partial charge in [-0.05, 0) is 56.2 Å². The first-order chi connectivity index (χ1) is 13.3. The summed E-state index contributed by atoms with van der Waals surface area (Å²) in [6.07, 6.45) is -0.946. The van der Waals surface area contributed by atoms with E-state index in [1.54, 1.807) is 12.1 Å². The SMILES string of the molecule is Cc1ccc(-n2nc(O[C@@H](C)C(=O)Nc3ccccc3F)ccc2=O)cc1C. The second-order valence-electron chi connectivity index (χ2n) is 6.42. The van der Waals surface area contributed by atoms with Crippen LogP contribution in [0.4, 0.5) is 10.1 Å². The Hall–Kier alpha value is -3.48. The summed E-state index contributed by atoms with van der Waals surface area (Å²) >= 11 is 0. The molecule has 1 atom stereocenters. The first-order valence-corrected chi connectivity index (χ1v) is 8.75. The number of carbonyl (C=O) groups is 1. The van der Waals surface area contributed by atoms with E-state index in [0.717, 1.165) is 11.1 Å². The molecule has 1 aromatic heterocycles. The number of hydrogen-bond acceptors (Lipinski definition) is 4. The Bertz CT molecular complexity index is 1080. The molecule has 2 aromatic carbocycles. The number of para-hydroxylation sites is 1. The Morgan fingerprint density at radius 3 is 2.57 bits per heavy atom. The van der Waals surface area contributed by atoms with Crippen LogP contribution in [0.15, 0.2) is 59.4 Å². The van der Waals surface area contributed by atoms with E-state index in [1.165, 1.54) is 41.9 Å². The maximum Gasteiger partial charge on any atom is 0.271 e. The van der Waals surface area contributed by atoms with Crippen LogP contribution < -0.4 is 15.6 Å². The quantitative estimate of drug-likeness (QED) is 0.735. The maximum atomic E-state index is 13.7. The normalized spacial score (nSPS) is 11.7. The number of anilines is 1. The Kier molecular flexibility index (Phi) is 5.54. The monoisotopic (exact) mass is 381 g/mol. The number of nitrogens with zero attached hydrogens (tertiary/aromatic N) is 2. The number of amides is 1. The van der Waals surface area contributed by atoms with Crippen molar-refractivity contribution in [2.45, 2.75) is 26.9 Å². The van der Waals surface area contributed by atoms with Crippen LogP contribution in [0.1, 0.15) is 18.1 Å². The molecular weight excluding hydrogens is 361 g/mol. The van der Waals surface area contributed by atoms with Crippen molar-refractivity contribution in [3.63, 3.8) is 0 Å². The topological polar surface area (TPSA) is 73.2 Å². The average molecular weight is 381 g/mol. The van der Waals surface area contributed by atoms with Gasteiger partial charge in [0.05, 0.1) is 11.4 Å². The highest BCUT2D eigenvalue weighted by atomic mass is 19.1. The fraction of sp³-hybridized carbons (Fsp3) is 0.190. The number of ether oxygens (including phenoxy) is 1. The lowest BCUT2D eigenvalue weighted by Crippen LogP contribution is -2.31. The lowest BCUT2D eigenvalue weighted by Gasteiger charge is -2.15. The molecule has 28 heavy (non-hydrogen) atoms. The highest BCUT2D eigenvalue weighted by Crippen LogP contribution is 2.15. The van der Waals surface area contributed by atoms with Crippen molar-refractivity contribution in [1.29, 1.82) is 0 Å². The Morgan fingerprint density at radius 1 is 1.11 bits per heavy atom. The number of aromatic nitrogens is 2. The van der Waals surface area contributed by atoms with Crippen LogP contribution in [0.3, 0.4) is 0 Å². The Labute approximate surface area is 161 Å². The molecule has 0 saturated heterocycles. The third-order valence-electron chi connectivity index (χ3n) is 4.31. The zero-order valence-corrected chi connectivity index (χ0v) is 15.8. The van der Waals surface area contributed by atoms with E-state index < -0.39 is 17.8 Å². The van der Waals surface area contributed by atoms with Crippen LogP contribution in [0.25, 0.3) is 5.69 Å². The number of hydrogen-bond donors (Lipinski definition) is 1. The third-order valence-corrected chi connectivity index (χ3v) is 4.31. The Balaban J connectivity index is 1.79. The highest BCUT2D eigenvalue weighted by Gasteiger charge is 2.17. The van der Waals surface area contributed by atoms with Crippen LogP contribution in [0, 0.1) is 19.7 Å². The number of carbonyl (C=O) groups excluding carboxylic acids is 1. The molecule has 0 aliphatic heterocycles. The summed E-state index contributed by atoms with van der Waals surface area (Å²) in [6.45, 7) is 5.44. The fourth-order valence-electron chi connectivity index (χ4n) is 2.53. The molecule has 1 N–H and O–H groups in total. The van der Waals surface area contributed by atoms with Gasteiger partial charge >= 0.3 is 0 Å². The summed E-state index contributed by atoms with van der Waals surface area (Å²) in [6, 6.07) is 14.1. The van der Waals surface area contributed by atoms with Crippen molar-refractivity contribution in [2.75, 3.05) is 5.32 Å².